The summed E-state index contributed by atoms with van der Waals surface area (Å²) < 4.78 is 0. The number of aliphatic imine (C=N–C) groups is 1. The van der Waals surface area contributed by atoms with Crippen molar-refractivity contribution in [3.63, 3.8) is 0 Å². The Kier molecular flexibility index (Phi) is 2.99. The molecule has 0 aliphatic carbocycles. The maximum absolute atomic E-state index is 4.63. The van der Waals surface area contributed by atoms with Crippen molar-refractivity contribution < 1.29 is 0 Å². The van der Waals surface area contributed by atoms with Gasteiger partial charge in [-0.2, -0.15) is 0 Å². The molecule has 0 fully saturated rings. The lowest BCUT2D eigenvalue weighted by atomic mass is 9.94. The van der Waals surface area contributed by atoms with Crippen molar-refractivity contribution >= 4 is 5.84 Å². The molecule has 1 aromatic rings. The van der Waals surface area contributed by atoms with Crippen molar-refractivity contribution in [3.05, 3.63) is 35.9 Å². The van der Waals surface area contributed by atoms with Gasteiger partial charge >= 0.3 is 0 Å². The van der Waals surface area contributed by atoms with Crippen molar-refractivity contribution in [1.29, 1.82) is 0 Å². The summed E-state index contributed by atoms with van der Waals surface area (Å²) in [5.74, 6) is 1.25. The van der Waals surface area contributed by atoms with Gasteiger partial charge in [0.15, 0.2) is 0 Å². The van der Waals surface area contributed by atoms with Crippen LogP contribution in [0.4, 0.5) is 0 Å². The van der Waals surface area contributed by atoms with E-state index >= 15 is 0 Å². The minimum absolute atomic E-state index is 0.158. The molecule has 0 bridgehead atoms. The number of rotatable bonds is 2. The van der Waals surface area contributed by atoms with Gasteiger partial charge in [0.2, 0.25) is 0 Å². The lowest BCUT2D eigenvalue weighted by Crippen LogP contribution is -2.36. The summed E-state index contributed by atoms with van der Waals surface area (Å²) >= 11 is 0. The monoisotopic (exact) mass is 216 g/mol. The summed E-state index contributed by atoms with van der Waals surface area (Å²) in [4.78, 5) is 7.03. The van der Waals surface area contributed by atoms with Crippen molar-refractivity contribution in [3.8, 4) is 0 Å². The Bertz CT molecular complexity index is 373. The molecule has 2 rings (SSSR count). The number of hydrogen-bond donors (Lipinski definition) is 0. The van der Waals surface area contributed by atoms with E-state index in [1.807, 2.05) is 0 Å². The first-order chi connectivity index (χ1) is 7.57. The maximum Gasteiger partial charge on any atom is 0.105 e. The highest BCUT2D eigenvalue weighted by atomic mass is 15.2. The van der Waals surface area contributed by atoms with Crippen LogP contribution in [0.1, 0.15) is 26.3 Å². The fourth-order valence-corrected chi connectivity index (χ4v) is 2.15. The van der Waals surface area contributed by atoms with Crippen molar-refractivity contribution in [2.45, 2.75) is 27.3 Å². The molecule has 1 aliphatic rings. The lowest BCUT2D eigenvalue weighted by molar-refractivity contribution is 0.399. The highest BCUT2D eigenvalue weighted by molar-refractivity contribution is 5.88. The molecule has 1 heterocycles. The van der Waals surface area contributed by atoms with Crippen LogP contribution in [0.2, 0.25) is 0 Å². The predicted octanol–water partition coefficient (Wildman–Crippen LogP) is 2.95. The van der Waals surface area contributed by atoms with E-state index in [2.05, 4.69) is 61.0 Å². The Morgan fingerprint density at radius 1 is 1.19 bits per heavy atom. The quantitative estimate of drug-likeness (QED) is 0.742. The fraction of sp³-hybridized carbons (Fsp3) is 0.500. The van der Waals surface area contributed by atoms with E-state index in [9.17, 15) is 0 Å². The van der Waals surface area contributed by atoms with Crippen LogP contribution < -0.4 is 0 Å². The highest BCUT2D eigenvalue weighted by Gasteiger charge is 2.27. The second kappa shape index (κ2) is 4.28. The maximum atomic E-state index is 4.63. The summed E-state index contributed by atoms with van der Waals surface area (Å²) in [7, 11) is 0. The zero-order valence-electron chi connectivity index (χ0n) is 10.4. The fourth-order valence-electron chi connectivity index (χ4n) is 2.15. The van der Waals surface area contributed by atoms with Gasteiger partial charge in [0, 0.05) is 18.5 Å². The molecule has 0 amide bonds. The van der Waals surface area contributed by atoms with Crippen LogP contribution in [0.5, 0.6) is 0 Å². The van der Waals surface area contributed by atoms with Gasteiger partial charge in [0.25, 0.3) is 0 Å². The highest BCUT2D eigenvalue weighted by Crippen LogP contribution is 2.23. The minimum Gasteiger partial charge on any atom is -0.354 e. The van der Waals surface area contributed by atoms with Crippen molar-refractivity contribution in [1.82, 2.24) is 4.90 Å². The molecule has 0 saturated carbocycles. The molecule has 2 heteroatoms. The SMILES string of the molecule is CC(C)(C)C1=NCCN1Cc1ccccc1. The normalized spacial score (nSPS) is 16.4. The van der Waals surface area contributed by atoms with E-state index in [4.69, 9.17) is 0 Å². The number of amidine groups is 1. The third kappa shape index (κ3) is 2.43. The van der Waals surface area contributed by atoms with Crippen LogP contribution in [-0.2, 0) is 6.54 Å². The van der Waals surface area contributed by atoms with Gasteiger partial charge in [-0.05, 0) is 5.56 Å². The number of hydrogen-bond acceptors (Lipinski definition) is 2. The number of benzene rings is 1. The molecule has 0 radical (unpaired) electrons. The van der Waals surface area contributed by atoms with E-state index in [1.54, 1.807) is 0 Å². The second-order valence-corrected chi connectivity index (χ2v) is 5.36. The predicted molar refractivity (Wildman–Crippen MR) is 68.6 cm³/mol. The molecule has 86 valence electrons. The third-order valence-electron chi connectivity index (χ3n) is 2.82. The summed E-state index contributed by atoms with van der Waals surface area (Å²) in [6.45, 7) is 9.68. The molecule has 0 aromatic heterocycles. The minimum atomic E-state index is 0.158. The van der Waals surface area contributed by atoms with Gasteiger partial charge in [-0.3, -0.25) is 4.99 Å². The van der Waals surface area contributed by atoms with Crippen molar-refractivity contribution in [2.24, 2.45) is 10.4 Å². The zero-order chi connectivity index (χ0) is 11.6. The molecule has 0 N–H and O–H groups in total. The van der Waals surface area contributed by atoms with Crippen LogP contribution >= 0.6 is 0 Å². The Hall–Kier alpha value is -1.31. The smallest absolute Gasteiger partial charge is 0.105 e. The Labute approximate surface area is 98.0 Å². The van der Waals surface area contributed by atoms with Crippen LogP contribution in [0.15, 0.2) is 35.3 Å². The van der Waals surface area contributed by atoms with Crippen LogP contribution in [0.3, 0.4) is 0 Å². The van der Waals surface area contributed by atoms with Crippen LogP contribution in [0.25, 0.3) is 0 Å². The first-order valence-corrected chi connectivity index (χ1v) is 5.91. The molecule has 1 aromatic carbocycles. The van der Waals surface area contributed by atoms with E-state index in [1.165, 1.54) is 11.4 Å². The molecule has 2 nitrogen and oxygen atoms in total. The van der Waals surface area contributed by atoms with Gasteiger partial charge in [-0.1, -0.05) is 51.1 Å². The van der Waals surface area contributed by atoms with E-state index in [0.29, 0.717) is 0 Å². The molecule has 16 heavy (non-hydrogen) atoms. The Morgan fingerprint density at radius 2 is 1.88 bits per heavy atom. The summed E-state index contributed by atoms with van der Waals surface area (Å²) in [5.41, 5.74) is 1.52. The molecule has 1 aliphatic heterocycles. The van der Waals surface area contributed by atoms with Gasteiger partial charge in [-0.15, -0.1) is 0 Å². The van der Waals surface area contributed by atoms with E-state index in [0.717, 1.165) is 19.6 Å². The number of nitrogens with zero attached hydrogens (tertiary/aromatic N) is 2. The summed E-state index contributed by atoms with van der Waals surface area (Å²) in [5, 5.41) is 0. The summed E-state index contributed by atoms with van der Waals surface area (Å²) in [6.07, 6.45) is 0. The largest absolute Gasteiger partial charge is 0.354 e. The molecule has 0 unspecified atom stereocenters. The Balaban J connectivity index is 2.09. The molecule has 0 saturated heterocycles. The first kappa shape index (κ1) is 11.2. The lowest BCUT2D eigenvalue weighted by Gasteiger charge is -2.29. The zero-order valence-corrected chi connectivity index (χ0v) is 10.4. The Morgan fingerprint density at radius 3 is 2.50 bits per heavy atom. The topological polar surface area (TPSA) is 15.6 Å². The van der Waals surface area contributed by atoms with Gasteiger partial charge in [0.05, 0.1) is 6.54 Å². The summed E-state index contributed by atoms with van der Waals surface area (Å²) in [6, 6.07) is 10.6. The molecular formula is C14H20N2. The van der Waals surface area contributed by atoms with Gasteiger partial charge in [-0.25, -0.2) is 0 Å². The average Bonchev–Trinajstić information content (AvgIpc) is 2.67. The van der Waals surface area contributed by atoms with Crippen LogP contribution in [-0.4, -0.2) is 23.8 Å². The average molecular weight is 216 g/mol. The van der Waals surface area contributed by atoms with E-state index in [-0.39, 0.29) is 5.41 Å². The van der Waals surface area contributed by atoms with Crippen molar-refractivity contribution in [2.75, 3.05) is 13.1 Å². The van der Waals surface area contributed by atoms with Crippen LogP contribution in [0, 0.1) is 5.41 Å². The molecular weight excluding hydrogens is 196 g/mol. The second-order valence-electron chi connectivity index (χ2n) is 5.36. The third-order valence-corrected chi connectivity index (χ3v) is 2.82. The first-order valence-electron chi connectivity index (χ1n) is 5.91. The standard InChI is InChI=1S/C14H20N2/c1-14(2,3)13-15-9-10-16(13)11-12-7-5-4-6-8-12/h4-8H,9-11H2,1-3H3. The molecule has 0 spiro atoms. The van der Waals surface area contributed by atoms with Gasteiger partial charge < -0.3 is 4.90 Å². The van der Waals surface area contributed by atoms with E-state index < -0.39 is 0 Å². The van der Waals surface area contributed by atoms with Gasteiger partial charge in [0.1, 0.15) is 5.84 Å². The molecule has 0 atom stereocenters.